The molecule has 4 rings (SSSR count). The molecule has 0 bridgehead atoms. The van der Waals surface area contributed by atoms with E-state index in [1.165, 1.54) is 49.9 Å². The van der Waals surface area contributed by atoms with Crippen LogP contribution >= 0.6 is 0 Å². The zero-order valence-electron chi connectivity index (χ0n) is 16.1. The van der Waals surface area contributed by atoms with Crippen LogP contribution in [-0.2, 0) is 24.1 Å². The fourth-order valence-electron chi connectivity index (χ4n) is 5.15. The van der Waals surface area contributed by atoms with Crippen LogP contribution in [0.5, 0.6) is 0 Å². The Morgan fingerprint density at radius 1 is 0.885 bits per heavy atom. The predicted molar refractivity (Wildman–Crippen MR) is 105 cm³/mol. The molecule has 3 heterocycles. The first-order valence-corrected chi connectivity index (χ1v) is 10.8. The molecule has 2 fully saturated rings. The van der Waals surface area contributed by atoms with Gasteiger partial charge in [0.15, 0.2) is 0 Å². The number of aromatic nitrogens is 1. The lowest BCUT2D eigenvalue weighted by Gasteiger charge is -2.28. The average molecular weight is 359 g/mol. The van der Waals surface area contributed by atoms with E-state index in [1.807, 2.05) is 0 Å². The van der Waals surface area contributed by atoms with Gasteiger partial charge in [0, 0.05) is 57.6 Å². The molecule has 0 atom stereocenters. The van der Waals surface area contributed by atoms with Gasteiger partial charge < -0.3 is 14.2 Å². The minimum Gasteiger partial charge on any atom is -0.381 e. The molecule has 1 aromatic heterocycles. The highest BCUT2D eigenvalue weighted by Crippen LogP contribution is 2.26. The van der Waals surface area contributed by atoms with Crippen molar-refractivity contribution in [3.8, 4) is 0 Å². The second-order valence-electron chi connectivity index (χ2n) is 8.61. The maximum absolute atomic E-state index is 12.6. The Bertz CT molecular complexity index is 642. The van der Waals surface area contributed by atoms with Crippen LogP contribution in [0.4, 0.5) is 0 Å². The van der Waals surface area contributed by atoms with Crippen molar-refractivity contribution in [1.82, 2.24) is 9.47 Å². The molecule has 0 N–H and O–H groups in total. The van der Waals surface area contributed by atoms with Gasteiger partial charge in [0.25, 0.3) is 5.56 Å². The van der Waals surface area contributed by atoms with Gasteiger partial charge in [-0.15, -0.1) is 0 Å². The SMILES string of the molecule is O=c1ccc2c(n1CC1CCOCC1)CCN(CC1CCCCC1)CC2. The number of rotatable bonds is 4. The highest BCUT2D eigenvalue weighted by Gasteiger charge is 2.23. The van der Waals surface area contributed by atoms with E-state index in [0.29, 0.717) is 5.92 Å². The fourth-order valence-corrected chi connectivity index (χ4v) is 5.15. The highest BCUT2D eigenvalue weighted by molar-refractivity contribution is 5.23. The molecule has 0 radical (unpaired) electrons. The van der Waals surface area contributed by atoms with E-state index in [0.717, 1.165) is 64.4 Å². The Morgan fingerprint density at radius 2 is 1.62 bits per heavy atom. The number of pyridine rings is 1. The molecule has 1 saturated heterocycles. The van der Waals surface area contributed by atoms with E-state index < -0.39 is 0 Å². The van der Waals surface area contributed by atoms with E-state index in [2.05, 4.69) is 15.5 Å². The second kappa shape index (κ2) is 8.71. The molecule has 1 saturated carbocycles. The van der Waals surface area contributed by atoms with Crippen LogP contribution < -0.4 is 5.56 Å². The molecule has 1 aliphatic carbocycles. The standard InChI is InChI=1S/C22H34N2O2/c25-22-7-6-20-8-12-23(16-18-4-2-1-3-5-18)13-9-21(20)24(22)17-19-10-14-26-15-11-19/h6-7,18-19H,1-5,8-17H2. The highest BCUT2D eigenvalue weighted by atomic mass is 16.5. The monoisotopic (exact) mass is 358 g/mol. The lowest BCUT2D eigenvalue weighted by atomic mass is 9.89. The molecule has 3 aliphatic rings. The minimum atomic E-state index is 0.191. The average Bonchev–Trinajstić information content (AvgIpc) is 2.88. The number of fused-ring (bicyclic) bond motifs is 1. The Balaban J connectivity index is 1.45. The van der Waals surface area contributed by atoms with E-state index in [9.17, 15) is 4.79 Å². The van der Waals surface area contributed by atoms with Crippen molar-refractivity contribution < 1.29 is 4.74 Å². The van der Waals surface area contributed by atoms with Crippen molar-refractivity contribution in [2.24, 2.45) is 11.8 Å². The van der Waals surface area contributed by atoms with Crippen molar-refractivity contribution in [3.05, 3.63) is 33.7 Å². The van der Waals surface area contributed by atoms with Gasteiger partial charge in [-0.05, 0) is 49.5 Å². The maximum atomic E-state index is 12.6. The van der Waals surface area contributed by atoms with Gasteiger partial charge in [0.1, 0.15) is 0 Å². The van der Waals surface area contributed by atoms with Crippen LogP contribution in [0.2, 0.25) is 0 Å². The number of nitrogens with zero attached hydrogens (tertiary/aromatic N) is 2. The molecular weight excluding hydrogens is 324 g/mol. The Kier molecular flexibility index (Phi) is 6.11. The summed E-state index contributed by atoms with van der Waals surface area (Å²) in [5, 5.41) is 0. The Hall–Kier alpha value is -1.13. The topological polar surface area (TPSA) is 34.5 Å². The van der Waals surface area contributed by atoms with Crippen molar-refractivity contribution in [2.75, 3.05) is 32.8 Å². The Labute approximate surface area is 157 Å². The lowest BCUT2D eigenvalue weighted by Crippen LogP contribution is -2.33. The van der Waals surface area contributed by atoms with Gasteiger partial charge in [-0.2, -0.15) is 0 Å². The summed E-state index contributed by atoms with van der Waals surface area (Å²) in [4.78, 5) is 15.3. The normalized spacial score (nSPS) is 23.5. The molecule has 0 unspecified atom stereocenters. The van der Waals surface area contributed by atoms with Crippen molar-refractivity contribution in [1.29, 1.82) is 0 Å². The van der Waals surface area contributed by atoms with Gasteiger partial charge >= 0.3 is 0 Å². The molecule has 0 spiro atoms. The summed E-state index contributed by atoms with van der Waals surface area (Å²) < 4.78 is 7.60. The number of hydrogen-bond acceptors (Lipinski definition) is 3. The predicted octanol–water partition coefficient (Wildman–Crippen LogP) is 3.26. The molecule has 0 aromatic carbocycles. The molecule has 1 aromatic rings. The summed E-state index contributed by atoms with van der Waals surface area (Å²) in [7, 11) is 0. The zero-order chi connectivity index (χ0) is 17.8. The van der Waals surface area contributed by atoms with Gasteiger partial charge in [0.2, 0.25) is 0 Å². The van der Waals surface area contributed by atoms with E-state index in [4.69, 9.17) is 4.74 Å². The molecule has 2 aliphatic heterocycles. The molecule has 144 valence electrons. The summed E-state index contributed by atoms with van der Waals surface area (Å²) in [5.74, 6) is 1.49. The lowest BCUT2D eigenvalue weighted by molar-refractivity contribution is 0.0606. The van der Waals surface area contributed by atoms with E-state index in [-0.39, 0.29) is 5.56 Å². The van der Waals surface area contributed by atoms with Crippen LogP contribution in [0.1, 0.15) is 56.2 Å². The zero-order valence-corrected chi connectivity index (χ0v) is 16.1. The molecule has 0 amide bonds. The molecular formula is C22H34N2O2. The van der Waals surface area contributed by atoms with Crippen LogP contribution in [0.15, 0.2) is 16.9 Å². The summed E-state index contributed by atoms with van der Waals surface area (Å²) in [6.07, 6.45) is 11.4. The van der Waals surface area contributed by atoms with Crippen molar-refractivity contribution >= 4 is 0 Å². The van der Waals surface area contributed by atoms with Crippen LogP contribution in [0.3, 0.4) is 0 Å². The summed E-state index contributed by atoms with van der Waals surface area (Å²) in [6.45, 7) is 6.11. The van der Waals surface area contributed by atoms with E-state index >= 15 is 0 Å². The fraction of sp³-hybridized carbons (Fsp3) is 0.773. The third-order valence-electron chi connectivity index (χ3n) is 6.77. The van der Waals surface area contributed by atoms with Crippen molar-refractivity contribution in [3.63, 3.8) is 0 Å². The number of ether oxygens (including phenoxy) is 1. The van der Waals surface area contributed by atoms with Gasteiger partial charge in [-0.25, -0.2) is 0 Å². The summed E-state index contributed by atoms with van der Waals surface area (Å²) in [6, 6.07) is 3.90. The van der Waals surface area contributed by atoms with Gasteiger partial charge in [-0.3, -0.25) is 4.79 Å². The first kappa shape index (κ1) is 18.2. The Morgan fingerprint density at radius 3 is 2.42 bits per heavy atom. The molecule has 26 heavy (non-hydrogen) atoms. The van der Waals surface area contributed by atoms with Gasteiger partial charge in [0.05, 0.1) is 0 Å². The largest absolute Gasteiger partial charge is 0.381 e. The number of hydrogen-bond donors (Lipinski definition) is 0. The van der Waals surface area contributed by atoms with Crippen LogP contribution in [0, 0.1) is 11.8 Å². The summed E-state index contributed by atoms with van der Waals surface area (Å²) >= 11 is 0. The van der Waals surface area contributed by atoms with Crippen LogP contribution in [0.25, 0.3) is 0 Å². The van der Waals surface area contributed by atoms with Crippen molar-refractivity contribution in [2.45, 2.75) is 64.3 Å². The third-order valence-corrected chi connectivity index (χ3v) is 6.77. The second-order valence-corrected chi connectivity index (χ2v) is 8.61. The minimum absolute atomic E-state index is 0.191. The molecule has 4 nitrogen and oxygen atoms in total. The quantitative estimate of drug-likeness (QED) is 0.829. The first-order chi connectivity index (χ1) is 12.8. The van der Waals surface area contributed by atoms with E-state index in [1.54, 1.807) is 6.07 Å². The van der Waals surface area contributed by atoms with Crippen LogP contribution in [-0.4, -0.2) is 42.3 Å². The first-order valence-electron chi connectivity index (χ1n) is 10.8. The summed E-state index contributed by atoms with van der Waals surface area (Å²) in [5.41, 5.74) is 2.91. The maximum Gasteiger partial charge on any atom is 0.250 e. The van der Waals surface area contributed by atoms with Gasteiger partial charge in [-0.1, -0.05) is 25.3 Å². The molecule has 4 heteroatoms. The third kappa shape index (κ3) is 4.40. The smallest absolute Gasteiger partial charge is 0.250 e.